The minimum atomic E-state index is -0.759. The molecule has 0 bridgehead atoms. The topological polar surface area (TPSA) is 77.8 Å². The fraction of sp³-hybridized carbons (Fsp3) is 0.300. The molecule has 1 aliphatic carbocycles. The molecule has 0 heterocycles. The zero-order chi connectivity index (χ0) is 11.2. The van der Waals surface area contributed by atoms with Crippen LogP contribution in [0.4, 0.5) is 0 Å². The van der Waals surface area contributed by atoms with Gasteiger partial charge in [-0.3, -0.25) is 4.79 Å². The Morgan fingerprint density at radius 2 is 2.00 bits per heavy atom. The number of rotatable bonds is 0. The molecule has 80 valence electrons. The molecule has 1 unspecified atom stereocenters. The molecule has 1 aromatic rings. The quantitative estimate of drug-likeness (QED) is 0.624. The summed E-state index contributed by atoms with van der Waals surface area (Å²) in [7, 11) is 0. The molecule has 0 fully saturated rings. The number of carbonyl (C=O) groups is 1. The maximum atomic E-state index is 11.5. The van der Waals surface area contributed by atoms with Gasteiger partial charge in [-0.05, 0) is 18.1 Å². The van der Waals surface area contributed by atoms with Gasteiger partial charge in [-0.1, -0.05) is 11.6 Å². The standard InChI is InChI=1S/C10H9ClO4/c11-9-7(14)2-4-1-5(12)3-6(13)8(4)10(9)15/h2,5,12,14-15H,1,3H2. The lowest BCUT2D eigenvalue weighted by atomic mass is 9.88. The van der Waals surface area contributed by atoms with E-state index in [2.05, 4.69) is 0 Å². The second-order valence-electron chi connectivity index (χ2n) is 3.58. The SMILES string of the molecule is O=C1CC(O)Cc2cc(O)c(Cl)c(O)c21. The van der Waals surface area contributed by atoms with E-state index in [0.29, 0.717) is 5.56 Å². The average molecular weight is 229 g/mol. The van der Waals surface area contributed by atoms with E-state index in [1.165, 1.54) is 6.07 Å². The largest absolute Gasteiger partial charge is 0.506 e. The Hall–Kier alpha value is -1.26. The number of carbonyl (C=O) groups excluding carboxylic acids is 1. The summed E-state index contributed by atoms with van der Waals surface area (Å²) in [6, 6.07) is 1.30. The third kappa shape index (κ3) is 1.56. The first-order chi connectivity index (χ1) is 7.00. The van der Waals surface area contributed by atoms with Crippen LogP contribution in [0.15, 0.2) is 6.07 Å². The zero-order valence-electron chi connectivity index (χ0n) is 7.70. The van der Waals surface area contributed by atoms with Gasteiger partial charge < -0.3 is 15.3 Å². The summed E-state index contributed by atoms with van der Waals surface area (Å²) in [6.07, 6.45) is -0.550. The molecule has 2 rings (SSSR count). The molecule has 3 N–H and O–H groups in total. The molecule has 5 heteroatoms. The minimum Gasteiger partial charge on any atom is -0.506 e. The summed E-state index contributed by atoms with van der Waals surface area (Å²) in [6.45, 7) is 0. The van der Waals surface area contributed by atoms with Crippen molar-refractivity contribution in [3.63, 3.8) is 0 Å². The van der Waals surface area contributed by atoms with Gasteiger partial charge in [0.05, 0.1) is 11.7 Å². The molecule has 0 radical (unpaired) electrons. The molecule has 1 aromatic carbocycles. The predicted octanol–water partition coefficient (Wildman–Crippen LogP) is 1.24. The van der Waals surface area contributed by atoms with Crippen LogP contribution in [0.5, 0.6) is 11.5 Å². The van der Waals surface area contributed by atoms with Gasteiger partial charge in [0.2, 0.25) is 0 Å². The number of hydrogen-bond acceptors (Lipinski definition) is 4. The molecule has 0 amide bonds. The summed E-state index contributed by atoms with van der Waals surface area (Å²) in [5.74, 6) is -1.04. The first-order valence-electron chi connectivity index (χ1n) is 4.45. The van der Waals surface area contributed by atoms with E-state index in [1.807, 2.05) is 0 Å². The van der Waals surface area contributed by atoms with Crippen molar-refractivity contribution in [1.82, 2.24) is 0 Å². The van der Waals surface area contributed by atoms with Crippen LogP contribution in [0, 0.1) is 0 Å². The van der Waals surface area contributed by atoms with Gasteiger partial charge in [0.1, 0.15) is 16.5 Å². The number of ketones is 1. The highest BCUT2D eigenvalue weighted by atomic mass is 35.5. The van der Waals surface area contributed by atoms with Gasteiger partial charge in [-0.15, -0.1) is 0 Å². The molecule has 15 heavy (non-hydrogen) atoms. The molecule has 1 aliphatic rings. The number of aromatic hydroxyl groups is 2. The number of fused-ring (bicyclic) bond motifs is 1. The lowest BCUT2D eigenvalue weighted by Gasteiger charge is -2.21. The number of phenolic OH excluding ortho intramolecular Hbond substituents is 2. The lowest BCUT2D eigenvalue weighted by molar-refractivity contribution is 0.0850. The Morgan fingerprint density at radius 1 is 1.33 bits per heavy atom. The van der Waals surface area contributed by atoms with Crippen molar-refractivity contribution in [3.8, 4) is 11.5 Å². The summed E-state index contributed by atoms with van der Waals surface area (Å²) in [4.78, 5) is 11.5. The highest BCUT2D eigenvalue weighted by Crippen LogP contribution is 2.40. The predicted molar refractivity (Wildman–Crippen MR) is 53.4 cm³/mol. The van der Waals surface area contributed by atoms with E-state index in [1.54, 1.807) is 0 Å². The van der Waals surface area contributed by atoms with Gasteiger partial charge in [-0.25, -0.2) is 0 Å². The normalized spacial score (nSPS) is 20.1. The average Bonchev–Trinajstić information content (AvgIpc) is 2.13. The van der Waals surface area contributed by atoms with Gasteiger partial charge in [-0.2, -0.15) is 0 Å². The van der Waals surface area contributed by atoms with Gasteiger partial charge in [0.25, 0.3) is 0 Å². The van der Waals surface area contributed by atoms with E-state index in [4.69, 9.17) is 11.6 Å². The molecule has 0 saturated carbocycles. The fourth-order valence-corrected chi connectivity index (χ4v) is 1.95. The summed E-state index contributed by atoms with van der Waals surface area (Å²) < 4.78 is 0. The van der Waals surface area contributed by atoms with Crippen molar-refractivity contribution in [2.24, 2.45) is 0 Å². The van der Waals surface area contributed by atoms with Gasteiger partial charge in [0.15, 0.2) is 5.78 Å². The summed E-state index contributed by atoms with van der Waals surface area (Å²) >= 11 is 5.60. The second kappa shape index (κ2) is 3.40. The summed E-state index contributed by atoms with van der Waals surface area (Å²) in [5, 5.41) is 28.1. The van der Waals surface area contributed by atoms with Gasteiger partial charge >= 0.3 is 0 Å². The number of aliphatic hydroxyl groups excluding tert-OH is 1. The van der Waals surface area contributed by atoms with Crippen LogP contribution in [0.3, 0.4) is 0 Å². The van der Waals surface area contributed by atoms with E-state index in [-0.39, 0.29) is 35.0 Å². The first-order valence-corrected chi connectivity index (χ1v) is 4.83. The zero-order valence-corrected chi connectivity index (χ0v) is 8.45. The number of phenols is 2. The Labute approximate surface area is 90.7 Å². The Balaban J connectivity index is 2.66. The van der Waals surface area contributed by atoms with Crippen molar-refractivity contribution in [2.45, 2.75) is 18.9 Å². The molecule has 1 atom stereocenters. The molecule has 0 saturated heterocycles. The van der Waals surface area contributed by atoms with Crippen molar-refractivity contribution in [2.75, 3.05) is 0 Å². The molecule has 0 aromatic heterocycles. The van der Waals surface area contributed by atoms with Crippen molar-refractivity contribution in [1.29, 1.82) is 0 Å². The fourth-order valence-electron chi connectivity index (χ4n) is 1.80. The molecular weight excluding hydrogens is 220 g/mol. The number of halogens is 1. The molecule has 4 nitrogen and oxygen atoms in total. The van der Waals surface area contributed by atoms with E-state index in [0.717, 1.165) is 0 Å². The molecular formula is C10H9ClO4. The van der Waals surface area contributed by atoms with E-state index in [9.17, 15) is 20.1 Å². The van der Waals surface area contributed by atoms with Crippen LogP contribution < -0.4 is 0 Å². The van der Waals surface area contributed by atoms with E-state index < -0.39 is 11.9 Å². The Kier molecular flexibility index (Phi) is 2.32. The van der Waals surface area contributed by atoms with Crippen LogP contribution in [0.2, 0.25) is 5.02 Å². The maximum absolute atomic E-state index is 11.5. The van der Waals surface area contributed by atoms with Crippen LogP contribution >= 0.6 is 11.6 Å². The third-order valence-electron chi connectivity index (χ3n) is 2.46. The van der Waals surface area contributed by atoms with E-state index >= 15 is 0 Å². The van der Waals surface area contributed by atoms with Crippen LogP contribution in [0.1, 0.15) is 22.3 Å². The number of aliphatic hydroxyl groups is 1. The lowest BCUT2D eigenvalue weighted by Crippen LogP contribution is -2.24. The Bertz CT molecular complexity index is 442. The van der Waals surface area contributed by atoms with Crippen molar-refractivity contribution >= 4 is 17.4 Å². The first kappa shape index (κ1) is 10.3. The minimum absolute atomic E-state index is 0.0261. The Morgan fingerprint density at radius 3 is 2.67 bits per heavy atom. The second-order valence-corrected chi connectivity index (χ2v) is 3.96. The van der Waals surface area contributed by atoms with Crippen LogP contribution in [-0.4, -0.2) is 27.2 Å². The monoisotopic (exact) mass is 228 g/mol. The smallest absolute Gasteiger partial charge is 0.169 e. The number of benzene rings is 1. The van der Waals surface area contributed by atoms with Crippen LogP contribution in [-0.2, 0) is 6.42 Å². The van der Waals surface area contributed by atoms with Crippen molar-refractivity contribution in [3.05, 3.63) is 22.2 Å². The third-order valence-corrected chi connectivity index (χ3v) is 2.83. The number of hydrogen-bond donors (Lipinski definition) is 3. The maximum Gasteiger partial charge on any atom is 0.169 e. The summed E-state index contributed by atoms with van der Waals surface area (Å²) in [5.41, 5.74) is 0.543. The highest BCUT2D eigenvalue weighted by Gasteiger charge is 2.28. The molecule has 0 aliphatic heterocycles. The highest BCUT2D eigenvalue weighted by molar-refractivity contribution is 6.34. The van der Waals surface area contributed by atoms with Crippen LogP contribution in [0.25, 0.3) is 0 Å². The molecule has 0 spiro atoms. The van der Waals surface area contributed by atoms with Gasteiger partial charge in [0, 0.05) is 6.42 Å². The van der Waals surface area contributed by atoms with Crippen molar-refractivity contribution < 1.29 is 20.1 Å². The number of Topliss-reactive ketones (excluding diaryl/α,β-unsaturated/α-hetero) is 1.